The number of carbonyl (C=O) groups is 1. The van der Waals surface area contributed by atoms with Gasteiger partial charge in [-0.25, -0.2) is 13.4 Å². The number of anilines is 1. The molecule has 1 amide bonds. The number of thiazole rings is 1. The van der Waals surface area contributed by atoms with Crippen LogP contribution in [0.25, 0.3) is 0 Å². The number of nitrogens with one attached hydrogen (secondary N) is 1. The molecule has 9 heteroatoms. The molecule has 3 heterocycles. The predicted molar refractivity (Wildman–Crippen MR) is 125 cm³/mol. The lowest BCUT2D eigenvalue weighted by Crippen LogP contribution is -2.41. The summed E-state index contributed by atoms with van der Waals surface area (Å²) >= 11 is 2.73. The van der Waals surface area contributed by atoms with E-state index in [0.717, 1.165) is 17.0 Å². The number of amides is 1. The van der Waals surface area contributed by atoms with Gasteiger partial charge in [-0.1, -0.05) is 35.9 Å². The van der Waals surface area contributed by atoms with Crippen LogP contribution in [0.2, 0.25) is 0 Å². The van der Waals surface area contributed by atoms with Crippen LogP contribution in [0.5, 0.6) is 0 Å². The van der Waals surface area contributed by atoms with Gasteiger partial charge in [0.2, 0.25) is 5.91 Å². The highest BCUT2D eigenvalue weighted by Gasteiger charge is 2.32. The summed E-state index contributed by atoms with van der Waals surface area (Å²) in [5.74, 6) is -0.289. The summed E-state index contributed by atoms with van der Waals surface area (Å²) in [6.07, 6.45) is 1.81. The molecule has 0 aliphatic carbocycles. The van der Waals surface area contributed by atoms with Gasteiger partial charge in [-0.05, 0) is 43.7 Å². The number of piperidine rings is 1. The van der Waals surface area contributed by atoms with E-state index in [2.05, 4.69) is 41.5 Å². The third-order valence-corrected chi connectivity index (χ3v) is 9.87. The van der Waals surface area contributed by atoms with Gasteiger partial charge in [0.05, 0.1) is 5.69 Å². The second-order valence-corrected chi connectivity index (χ2v) is 12.0. The van der Waals surface area contributed by atoms with Crippen LogP contribution in [-0.4, -0.2) is 36.7 Å². The Morgan fingerprint density at radius 3 is 2.52 bits per heavy atom. The highest BCUT2D eigenvalue weighted by molar-refractivity contribution is 7.91. The number of sulfonamides is 1. The molecule has 1 aliphatic rings. The van der Waals surface area contributed by atoms with Crippen molar-refractivity contribution in [2.75, 3.05) is 18.4 Å². The van der Waals surface area contributed by atoms with Gasteiger partial charge in [0.1, 0.15) is 4.21 Å². The molecule has 1 aromatic carbocycles. The summed E-state index contributed by atoms with van der Waals surface area (Å²) in [5.41, 5.74) is 3.37. The zero-order valence-electron chi connectivity index (χ0n) is 17.5. The molecule has 31 heavy (non-hydrogen) atoms. The average molecular weight is 476 g/mol. The van der Waals surface area contributed by atoms with E-state index >= 15 is 0 Å². The van der Waals surface area contributed by atoms with Crippen LogP contribution in [0.1, 0.15) is 34.5 Å². The molecular weight excluding hydrogens is 450 g/mol. The van der Waals surface area contributed by atoms with Crippen molar-refractivity contribution >= 4 is 43.7 Å². The normalized spacial score (nSPS) is 15.8. The maximum atomic E-state index is 12.8. The molecule has 2 aromatic heterocycles. The minimum atomic E-state index is -3.45. The molecule has 4 rings (SSSR count). The lowest BCUT2D eigenvalue weighted by Gasteiger charge is -2.29. The van der Waals surface area contributed by atoms with E-state index in [0.29, 0.717) is 35.3 Å². The van der Waals surface area contributed by atoms with Gasteiger partial charge in [-0.2, -0.15) is 4.31 Å². The molecule has 0 spiro atoms. The van der Waals surface area contributed by atoms with Gasteiger partial charge in [-0.15, -0.1) is 22.7 Å². The molecule has 1 N–H and O–H groups in total. The number of thiophene rings is 1. The highest BCUT2D eigenvalue weighted by atomic mass is 32.2. The van der Waals surface area contributed by atoms with Crippen molar-refractivity contribution in [1.29, 1.82) is 0 Å². The number of carbonyl (C=O) groups excluding carboxylic acids is 1. The Labute approximate surface area is 191 Å². The van der Waals surface area contributed by atoms with Crippen molar-refractivity contribution in [3.8, 4) is 0 Å². The molecule has 1 saturated heterocycles. The van der Waals surface area contributed by atoms with Crippen LogP contribution in [-0.2, 0) is 21.2 Å². The van der Waals surface area contributed by atoms with E-state index in [1.807, 2.05) is 6.92 Å². The summed E-state index contributed by atoms with van der Waals surface area (Å²) in [7, 11) is -3.45. The summed E-state index contributed by atoms with van der Waals surface area (Å²) in [6, 6.07) is 11.8. The molecule has 0 atom stereocenters. The first-order valence-electron chi connectivity index (χ1n) is 10.2. The van der Waals surface area contributed by atoms with E-state index in [9.17, 15) is 13.2 Å². The first-order valence-corrected chi connectivity index (χ1v) is 13.3. The van der Waals surface area contributed by atoms with Gasteiger partial charge in [0.15, 0.2) is 5.13 Å². The van der Waals surface area contributed by atoms with Crippen molar-refractivity contribution in [3.05, 3.63) is 63.5 Å². The van der Waals surface area contributed by atoms with Crippen molar-refractivity contribution in [2.45, 2.75) is 37.3 Å². The lowest BCUT2D eigenvalue weighted by molar-refractivity contribution is -0.120. The summed E-state index contributed by atoms with van der Waals surface area (Å²) in [5, 5.41) is 5.32. The van der Waals surface area contributed by atoms with Crippen LogP contribution >= 0.6 is 22.7 Å². The van der Waals surface area contributed by atoms with Crippen LogP contribution in [0, 0.1) is 19.8 Å². The largest absolute Gasteiger partial charge is 0.302 e. The Morgan fingerprint density at radius 2 is 1.87 bits per heavy atom. The Kier molecular flexibility index (Phi) is 6.57. The third kappa shape index (κ3) is 5.06. The number of hydrogen-bond donors (Lipinski definition) is 1. The monoisotopic (exact) mass is 475 g/mol. The van der Waals surface area contributed by atoms with Gasteiger partial charge >= 0.3 is 0 Å². The fraction of sp³-hybridized carbons (Fsp3) is 0.364. The van der Waals surface area contributed by atoms with E-state index in [-0.39, 0.29) is 11.8 Å². The predicted octanol–water partition coefficient (Wildman–Crippen LogP) is 4.45. The van der Waals surface area contributed by atoms with Gasteiger partial charge in [0.25, 0.3) is 10.0 Å². The Balaban J connectivity index is 1.35. The molecule has 3 aromatic rings. The maximum Gasteiger partial charge on any atom is 0.252 e. The smallest absolute Gasteiger partial charge is 0.252 e. The molecule has 1 fully saturated rings. The van der Waals surface area contributed by atoms with Crippen molar-refractivity contribution in [3.63, 3.8) is 0 Å². The number of aromatic nitrogens is 1. The fourth-order valence-electron chi connectivity index (χ4n) is 3.64. The molecular formula is C22H25N3O3S3. The first kappa shape index (κ1) is 22.1. The summed E-state index contributed by atoms with van der Waals surface area (Å²) < 4.78 is 27.1. The van der Waals surface area contributed by atoms with Crippen LogP contribution in [0.3, 0.4) is 0 Å². The Bertz CT molecular complexity index is 1140. The van der Waals surface area contributed by atoms with Crippen LogP contribution in [0.4, 0.5) is 5.13 Å². The minimum Gasteiger partial charge on any atom is -0.302 e. The minimum absolute atomic E-state index is 0.0798. The Morgan fingerprint density at radius 1 is 1.16 bits per heavy atom. The summed E-state index contributed by atoms with van der Waals surface area (Å²) in [4.78, 5) is 18.4. The van der Waals surface area contributed by atoms with E-state index < -0.39 is 10.0 Å². The summed E-state index contributed by atoms with van der Waals surface area (Å²) in [6.45, 7) is 4.74. The number of benzene rings is 1. The Hall–Kier alpha value is -2.07. The zero-order valence-corrected chi connectivity index (χ0v) is 19.9. The van der Waals surface area contributed by atoms with Crippen molar-refractivity contribution in [1.82, 2.24) is 9.29 Å². The SMILES string of the molecule is Cc1ccc(Cc2sc(NC(=O)C3CCN(S(=O)(=O)c4cccs4)CC3)nc2C)cc1. The standard InChI is InChI=1S/C22H25N3O3S3/c1-15-5-7-17(8-6-15)14-19-16(2)23-22(30-19)24-21(26)18-9-11-25(12-10-18)31(27,28)20-4-3-13-29-20/h3-8,13,18H,9-12,14H2,1-2H3,(H,23,24,26). The van der Waals surface area contributed by atoms with E-state index in [1.54, 1.807) is 17.5 Å². The molecule has 6 nitrogen and oxygen atoms in total. The highest BCUT2D eigenvalue weighted by Crippen LogP contribution is 2.29. The number of rotatable bonds is 6. The molecule has 0 radical (unpaired) electrons. The number of aryl methyl sites for hydroxylation is 2. The molecule has 164 valence electrons. The van der Waals surface area contributed by atoms with Gasteiger partial charge < -0.3 is 5.32 Å². The zero-order chi connectivity index (χ0) is 22.0. The van der Waals surface area contributed by atoms with Gasteiger partial charge in [-0.3, -0.25) is 4.79 Å². The topological polar surface area (TPSA) is 79.4 Å². The lowest BCUT2D eigenvalue weighted by atomic mass is 9.97. The molecule has 0 unspecified atom stereocenters. The quantitative estimate of drug-likeness (QED) is 0.571. The second-order valence-electron chi connectivity index (χ2n) is 7.79. The molecule has 0 bridgehead atoms. The number of hydrogen-bond acceptors (Lipinski definition) is 6. The third-order valence-electron chi connectivity index (χ3n) is 5.52. The van der Waals surface area contributed by atoms with Crippen molar-refractivity contribution in [2.24, 2.45) is 5.92 Å². The number of nitrogens with zero attached hydrogens (tertiary/aromatic N) is 2. The maximum absolute atomic E-state index is 12.8. The van der Waals surface area contributed by atoms with Crippen LogP contribution in [0.15, 0.2) is 46.0 Å². The fourth-order valence-corrected chi connectivity index (χ4v) is 7.25. The van der Waals surface area contributed by atoms with Crippen molar-refractivity contribution < 1.29 is 13.2 Å². The molecule has 1 aliphatic heterocycles. The first-order chi connectivity index (χ1) is 14.8. The average Bonchev–Trinajstić information content (AvgIpc) is 3.41. The van der Waals surface area contributed by atoms with Gasteiger partial charge in [0, 0.05) is 30.3 Å². The van der Waals surface area contributed by atoms with Crippen LogP contribution < -0.4 is 5.32 Å². The van der Waals surface area contributed by atoms with E-state index in [4.69, 9.17) is 0 Å². The van der Waals surface area contributed by atoms with E-state index in [1.165, 1.54) is 38.1 Å². The second kappa shape index (κ2) is 9.20. The molecule has 0 saturated carbocycles.